The van der Waals surface area contributed by atoms with Crippen LogP contribution in [0.2, 0.25) is 0 Å². The van der Waals surface area contributed by atoms with Crippen LogP contribution in [0, 0.1) is 0 Å². The summed E-state index contributed by atoms with van der Waals surface area (Å²) in [7, 11) is 0. The highest BCUT2D eigenvalue weighted by molar-refractivity contribution is 5.67. The van der Waals surface area contributed by atoms with E-state index in [2.05, 4.69) is 10.3 Å². The number of rotatable bonds is 4. The van der Waals surface area contributed by atoms with E-state index in [4.69, 9.17) is 4.42 Å². The van der Waals surface area contributed by atoms with E-state index in [1.807, 2.05) is 13.8 Å². The summed E-state index contributed by atoms with van der Waals surface area (Å²) in [6.45, 7) is 5.50. The summed E-state index contributed by atoms with van der Waals surface area (Å²) < 4.78 is 6.65. The van der Waals surface area contributed by atoms with Gasteiger partial charge >= 0.3 is 5.76 Å². The standard InChI is InChI=1S/C11H15N3O2/c1-3-12-8(2)7-14-10-9(16-11(14)15)5-4-6-13-10/h4-6,8,12H,3,7H2,1-2H3. The first kappa shape index (κ1) is 10.9. The number of hydrogen-bond donors (Lipinski definition) is 1. The van der Waals surface area contributed by atoms with Gasteiger partial charge in [0.25, 0.3) is 0 Å². The number of nitrogens with one attached hydrogen (secondary N) is 1. The lowest BCUT2D eigenvalue weighted by atomic mass is 10.3. The number of likely N-dealkylation sites (N-methyl/N-ethyl adjacent to an activating group) is 1. The molecule has 1 atom stereocenters. The minimum absolute atomic E-state index is 0.213. The molecule has 0 bridgehead atoms. The van der Waals surface area contributed by atoms with Crippen molar-refractivity contribution in [1.82, 2.24) is 14.9 Å². The van der Waals surface area contributed by atoms with Crippen LogP contribution in [0.15, 0.2) is 27.5 Å². The smallest absolute Gasteiger partial charge is 0.406 e. The van der Waals surface area contributed by atoms with E-state index in [0.29, 0.717) is 17.8 Å². The Bertz CT molecular complexity index is 529. The van der Waals surface area contributed by atoms with Crippen LogP contribution in [0.3, 0.4) is 0 Å². The molecule has 0 aromatic carbocycles. The topological polar surface area (TPSA) is 60.1 Å². The summed E-state index contributed by atoms with van der Waals surface area (Å²) in [6, 6.07) is 3.71. The second-order valence-electron chi connectivity index (χ2n) is 3.76. The normalized spacial score (nSPS) is 13.1. The van der Waals surface area contributed by atoms with Crippen LogP contribution < -0.4 is 11.1 Å². The van der Waals surface area contributed by atoms with Crippen molar-refractivity contribution >= 4 is 11.2 Å². The van der Waals surface area contributed by atoms with Gasteiger partial charge in [0.05, 0.1) is 0 Å². The maximum Gasteiger partial charge on any atom is 0.421 e. The van der Waals surface area contributed by atoms with Crippen LogP contribution in [0.25, 0.3) is 11.2 Å². The summed E-state index contributed by atoms with van der Waals surface area (Å²) in [6.07, 6.45) is 1.66. The predicted octanol–water partition coefficient (Wildman–Crippen LogP) is 0.988. The van der Waals surface area contributed by atoms with E-state index in [1.54, 1.807) is 22.9 Å². The van der Waals surface area contributed by atoms with Crippen LogP contribution in [0.5, 0.6) is 0 Å². The van der Waals surface area contributed by atoms with Gasteiger partial charge in [0, 0.05) is 18.8 Å². The first-order valence-corrected chi connectivity index (χ1v) is 5.40. The molecule has 0 aliphatic heterocycles. The Balaban J connectivity index is 2.36. The highest BCUT2D eigenvalue weighted by Gasteiger charge is 2.11. The highest BCUT2D eigenvalue weighted by atomic mass is 16.4. The Kier molecular flexibility index (Phi) is 3.05. The molecule has 0 saturated heterocycles. The van der Waals surface area contributed by atoms with Gasteiger partial charge in [-0.2, -0.15) is 0 Å². The fourth-order valence-electron chi connectivity index (χ4n) is 1.75. The molecule has 0 aliphatic rings. The average Bonchev–Trinajstić information content (AvgIpc) is 2.56. The Morgan fingerprint density at radius 1 is 1.62 bits per heavy atom. The first-order valence-electron chi connectivity index (χ1n) is 5.40. The monoisotopic (exact) mass is 221 g/mol. The van der Waals surface area contributed by atoms with E-state index >= 15 is 0 Å². The second kappa shape index (κ2) is 4.49. The molecule has 0 saturated carbocycles. The van der Waals surface area contributed by atoms with Gasteiger partial charge in [-0.3, -0.25) is 4.57 Å². The lowest BCUT2D eigenvalue weighted by Crippen LogP contribution is -2.33. The molecule has 5 heteroatoms. The summed E-state index contributed by atoms with van der Waals surface area (Å²) >= 11 is 0. The Morgan fingerprint density at radius 3 is 3.19 bits per heavy atom. The zero-order chi connectivity index (χ0) is 11.5. The van der Waals surface area contributed by atoms with Gasteiger partial charge in [0.2, 0.25) is 0 Å². The van der Waals surface area contributed by atoms with Crippen LogP contribution in [-0.4, -0.2) is 22.1 Å². The number of fused-ring (bicyclic) bond motifs is 1. The maximum absolute atomic E-state index is 11.6. The van der Waals surface area contributed by atoms with Gasteiger partial charge < -0.3 is 9.73 Å². The summed E-state index contributed by atoms with van der Waals surface area (Å²) in [5.74, 6) is -0.349. The van der Waals surface area contributed by atoms with Gasteiger partial charge in [-0.15, -0.1) is 0 Å². The third kappa shape index (κ3) is 1.99. The molecular weight excluding hydrogens is 206 g/mol. The zero-order valence-electron chi connectivity index (χ0n) is 9.43. The summed E-state index contributed by atoms with van der Waals surface area (Å²) in [5, 5.41) is 3.25. The van der Waals surface area contributed by atoms with E-state index < -0.39 is 0 Å². The molecule has 1 N–H and O–H groups in total. The van der Waals surface area contributed by atoms with Crippen molar-refractivity contribution in [3.05, 3.63) is 28.9 Å². The van der Waals surface area contributed by atoms with Crippen molar-refractivity contribution in [2.24, 2.45) is 0 Å². The minimum Gasteiger partial charge on any atom is -0.406 e. The van der Waals surface area contributed by atoms with Crippen LogP contribution in [-0.2, 0) is 6.54 Å². The van der Waals surface area contributed by atoms with Crippen molar-refractivity contribution < 1.29 is 4.42 Å². The van der Waals surface area contributed by atoms with Gasteiger partial charge in [0.1, 0.15) is 0 Å². The van der Waals surface area contributed by atoms with Crippen molar-refractivity contribution in [1.29, 1.82) is 0 Å². The van der Waals surface area contributed by atoms with Crippen molar-refractivity contribution in [3.8, 4) is 0 Å². The largest absolute Gasteiger partial charge is 0.421 e. The van der Waals surface area contributed by atoms with Crippen molar-refractivity contribution in [2.45, 2.75) is 26.4 Å². The van der Waals surface area contributed by atoms with Gasteiger partial charge in [-0.1, -0.05) is 6.92 Å². The number of oxazole rings is 1. The van der Waals surface area contributed by atoms with Gasteiger partial charge in [-0.25, -0.2) is 9.78 Å². The molecule has 0 spiro atoms. The third-order valence-electron chi connectivity index (χ3n) is 2.43. The molecule has 2 aromatic rings. The van der Waals surface area contributed by atoms with E-state index in [0.717, 1.165) is 6.54 Å². The van der Waals surface area contributed by atoms with E-state index in [1.165, 1.54) is 0 Å². The van der Waals surface area contributed by atoms with Crippen molar-refractivity contribution in [2.75, 3.05) is 6.54 Å². The molecule has 2 rings (SSSR count). The molecule has 0 fully saturated rings. The molecule has 16 heavy (non-hydrogen) atoms. The Morgan fingerprint density at radius 2 is 2.44 bits per heavy atom. The SMILES string of the molecule is CCNC(C)Cn1c(=O)oc2cccnc21. The zero-order valence-corrected chi connectivity index (χ0v) is 9.43. The number of aromatic nitrogens is 2. The quantitative estimate of drug-likeness (QED) is 0.836. The molecule has 2 aromatic heterocycles. The Labute approximate surface area is 93.1 Å². The molecule has 0 radical (unpaired) electrons. The minimum atomic E-state index is -0.349. The molecule has 0 aliphatic carbocycles. The molecular formula is C11H15N3O2. The summed E-state index contributed by atoms with van der Waals surface area (Å²) in [4.78, 5) is 15.8. The summed E-state index contributed by atoms with van der Waals surface area (Å²) in [5.41, 5.74) is 1.15. The molecule has 0 amide bonds. The highest BCUT2D eigenvalue weighted by Crippen LogP contribution is 2.08. The number of pyridine rings is 1. The average molecular weight is 221 g/mol. The first-order chi connectivity index (χ1) is 7.72. The van der Waals surface area contributed by atoms with Gasteiger partial charge in [0.15, 0.2) is 11.2 Å². The fraction of sp³-hybridized carbons (Fsp3) is 0.455. The van der Waals surface area contributed by atoms with Gasteiger partial charge in [-0.05, 0) is 25.6 Å². The molecule has 5 nitrogen and oxygen atoms in total. The number of hydrogen-bond acceptors (Lipinski definition) is 4. The third-order valence-corrected chi connectivity index (χ3v) is 2.43. The van der Waals surface area contributed by atoms with Crippen LogP contribution in [0.1, 0.15) is 13.8 Å². The number of nitrogens with zero attached hydrogens (tertiary/aromatic N) is 2. The van der Waals surface area contributed by atoms with E-state index in [-0.39, 0.29) is 11.8 Å². The lowest BCUT2D eigenvalue weighted by molar-refractivity contribution is 0.446. The second-order valence-corrected chi connectivity index (χ2v) is 3.76. The molecule has 1 unspecified atom stereocenters. The van der Waals surface area contributed by atoms with Crippen molar-refractivity contribution in [3.63, 3.8) is 0 Å². The van der Waals surface area contributed by atoms with Crippen LogP contribution >= 0.6 is 0 Å². The Hall–Kier alpha value is -1.62. The predicted molar refractivity (Wildman–Crippen MR) is 61.4 cm³/mol. The van der Waals surface area contributed by atoms with Crippen LogP contribution in [0.4, 0.5) is 0 Å². The maximum atomic E-state index is 11.6. The fourth-order valence-corrected chi connectivity index (χ4v) is 1.75. The van der Waals surface area contributed by atoms with E-state index in [9.17, 15) is 4.79 Å². The lowest BCUT2D eigenvalue weighted by Gasteiger charge is -2.11. The molecule has 86 valence electrons. The molecule has 2 heterocycles.